The number of methoxy groups -OCH3 is 2. The van der Waals surface area contributed by atoms with Gasteiger partial charge in [0.1, 0.15) is 0 Å². The van der Waals surface area contributed by atoms with Gasteiger partial charge in [0, 0.05) is 5.92 Å². The summed E-state index contributed by atoms with van der Waals surface area (Å²) >= 11 is 0. The van der Waals surface area contributed by atoms with Crippen molar-refractivity contribution in [3.8, 4) is 0 Å². The van der Waals surface area contributed by atoms with Gasteiger partial charge in [-0.05, 0) is 36.7 Å². The first-order valence-corrected chi connectivity index (χ1v) is 7.06. The number of allylic oxidation sites excluding steroid dienone is 4. The van der Waals surface area contributed by atoms with Crippen LogP contribution in [0, 0.1) is 17.3 Å². The SMILES string of the molecule is COC(=O)C(C(=O)OC)[C@@H]1C=C2C=CCC[C@@]2(C)CC1. The van der Waals surface area contributed by atoms with E-state index in [4.69, 9.17) is 9.47 Å². The highest BCUT2D eigenvalue weighted by atomic mass is 16.5. The molecule has 0 amide bonds. The Bertz CT molecular complexity index is 447. The highest BCUT2D eigenvalue weighted by Gasteiger charge is 2.41. The summed E-state index contributed by atoms with van der Waals surface area (Å²) in [5, 5.41) is 0. The second-order valence-corrected chi connectivity index (χ2v) is 5.85. The average molecular weight is 278 g/mol. The molecule has 0 saturated carbocycles. The van der Waals surface area contributed by atoms with E-state index in [0.29, 0.717) is 0 Å². The van der Waals surface area contributed by atoms with Crippen LogP contribution in [0.4, 0.5) is 0 Å². The Morgan fingerprint density at radius 2 is 1.90 bits per heavy atom. The van der Waals surface area contributed by atoms with Gasteiger partial charge in [-0.1, -0.05) is 25.2 Å². The van der Waals surface area contributed by atoms with Gasteiger partial charge in [0.25, 0.3) is 0 Å². The molecule has 0 radical (unpaired) electrons. The second kappa shape index (κ2) is 5.81. The zero-order chi connectivity index (χ0) is 14.8. The third-order valence-corrected chi connectivity index (χ3v) is 4.62. The molecule has 0 aromatic carbocycles. The van der Waals surface area contributed by atoms with Crippen LogP contribution in [-0.4, -0.2) is 26.2 Å². The quantitative estimate of drug-likeness (QED) is 0.588. The summed E-state index contributed by atoms with van der Waals surface area (Å²) in [5.41, 5.74) is 1.42. The largest absolute Gasteiger partial charge is 0.468 e. The molecule has 0 fully saturated rings. The number of hydrogen-bond acceptors (Lipinski definition) is 4. The van der Waals surface area contributed by atoms with E-state index >= 15 is 0 Å². The molecule has 0 heterocycles. The van der Waals surface area contributed by atoms with Crippen LogP contribution in [0.1, 0.15) is 32.6 Å². The van der Waals surface area contributed by atoms with Crippen LogP contribution in [0.2, 0.25) is 0 Å². The maximum atomic E-state index is 11.9. The number of esters is 2. The van der Waals surface area contributed by atoms with E-state index in [1.165, 1.54) is 19.8 Å². The van der Waals surface area contributed by atoms with Crippen molar-refractivity contribution in [3.05, 3.63) is 23.8 Å². The summed E-state index contributed by atoms with van der Waals surface area (Å²) in [6, 6.07) is 0. The Hall–Kier alpha value is -1.58. The van der Waals surface area contributed by atoms with Crippen LogP contribution < -0.4 is 0 Å². The number of hydrogen-bond donors (Lipinski definition) is 0. The molecule has 0 unspecified atom stereocenters. The first kappa shape index (κ1) is 14.8. The lowest BCUT2D eigenvalue weighted by Gasteiger charge is -2.40. The van der Waals surface area contributed by atoms with Crippen molar-refractivity contribution in [1.82, 2.24) is 0 Å². The summed E-state index contributed by atoms with van der Waals surface area (Å²) < 4.78 is 9.53. The molecule has 0 saturated heterocycles. The van der Waals surface area contributed by atoms with Crippen molar-refractivity contribution < 1.29 is 19.1 Å². The Morgan fingerprint density at radius 3 is 2.50 bits per heavy atom. The molecule has 0 aromatic rings. The Kier molecular flexibility index (Phi) is 4.31. The van der Waals surface area contributed by atoms with Gasteiger partial charge >= 0.3 is 11.9 Å². The van der Waals surface area contributed by atoms with Gasteiger partial charge in [-0.2, -0.15) is 0 Å². The lowest BCUT2D eigenvalue weighted by molar-refractivity contribution is -0.161. The van der Waals surface area contributed by atoms with Crippen LogP contribution in [0.5, 0.6) is 0 Å². The van der Waals surface area contributed by atoms with E-state index in [1.54, 1.807) is 0 Å². The van der Waals surface area contributed by atoms with E-state index < -0.39 is 17.9 Å². The third-order valence-electron chi connectivity index (χ3n) is 4.62. The van der Waals surface area contributed by atoms with Crippen molar-refractivity contribution >= 4 is 11.9 Å². The topological polar surface area (TPSA) is 52.6 Å². The fraction of sp³-hybridized carbons (Fsp3) is 0.625. The maximum absolute atomic E-state index is 11.9. The fourth-order valence-corrected chi connectivity index (χ4v) is 3.25. The molecule has 0 N–H and O–H groups in total. The molecule has 4 heteroatoms. The van der Waals surface area contributed by atoms with Crippen molar-refractivity contribution in [2.24, 2.45) is 17.3 Å². The number of carbonyl (C=O) groups excluding carboxylic acids is 2. The molecule has 0 aromatic heterocycles. The van der Waals surface area contributed by atoms with Crippen LogP contribution in [-0.2, 0) is 19.1 Å². The molecular weight excluding hydrogens is 256 g/mol. The lowest BCUT2D eigenvalue weighted by atomic mass is 9.65. The highest BCUT2D eigenvalue weighted by molar-refractivity contribution is 5.95. The van der Waals surface area contributed by atoms with Gasteiger partial charge in [0.05, 0.1) is 14.2 Å². The zero-order valence-electron chi connectivity index (χ0n) is 12.3. The Balaban J connectivity index is 2.29. The highest BCUT2D eigenvalue weighted by Crippen LogP contribution is 2.47. The molecule has 110 valence electrons. The Morgan fingerprint density at radius 1 is 1.25 bits per heavy atom. The molecule has 0 bridgehead atoms. The first-order valence-electron chi connectivity index (χ1n) is 7.06. The number of carbonyl (C=O) groups is 2. The van der Waals surface area contributed by atoms with Gasteiger partial charge in [-0.25, -0.2) is 0 Å². The maximum Gasteiger partial charge on any atom is 0.320 e. The molecular formula is C16H22O4. The van der Waals surface area contributed by atoms with Gasteiger partial charge in [-0.3, -0.25) is 9.59 Å². The zero-order valence-corrected chi connectivity index (χ0v) is 12.3. The minimum Gasteiger partial charge on any atom is -0.468 e. The number of rotatable bonds is 3. The normalized spacial score (nSPS) is 28.6. The second-order valence-electron chi connectivity index (χ2n) is 5.85. The van der Waals surface area contributed by atoms with Crippen LogP contribution in [0.3, 0.4) is 0 Å². The summed E-state index contributed by atoms with van der Waals surface area (Å²) in [6.45, 7) is 2.25. The molecule has 2 aliphatic carbocycles. The number of fused-ring (bicyclic) bond motifs is 1. The fourth-order valence-electron chi connectivity index (χ4n) is 3.25. The standard InChI is InChI=1S/C16H22O4/c1-16-8-5-4-6-12(16)10-11(7-9-16)13(14(17)19-2)15(18)20-3/h4,6,10-11,13H,5,7-9H2,1-3H3/t11-,16-/m0/s1. The van der Waals surface area contributed by atoms with Crippen LogP contribution in [0.15, 0.2) is 23.8 Å². The average Bonchev–Trinajstić information content (AvgIpc) is 2.46. The summed E-state index contributed by atoms with van der Waals surface area (Å²) in [7, 11) is 2.61. The predicted molar refractivity (Wildman–Crippen MR) is 74.8 cm³/mol. The summed E-state index contributed by atoms with van der Waals surface area (Å²) in [6.07, 6.45) is 10.4. The van der Waals surface area contributed by atoms with Crippen molar-refractivity contribution in [2.45, 2.75) is 32.6 Å². The Labute approximate surface area is 119 Å². The minimum absolute atomic E-state index is 0.138. The molecule has 4 nitrogen and oxygen atoms in total. The summed E-state index contributed by atoms with van der Waals surface area (Å²) in [5.74, 6) is -2.01. The van der Waals surface area contributed by atoms with Crippen LogP contribution >= 0.6 is 0 Å². The van der Waals surface area contributed by atoms with Crippen LogP contribution in [0.25, 0.3) is 0 Å². The van der Waals surface area contributed by atoms with E-state index in [-0.39, 0.29) is 11.3 Å². The number of ether oxygens (including phenoxy) is 2. The summed E-state index contributed by atoms with van der Waals surface area (Å²) in [4.78, 5) is 23.8. The molecule has 2 atom stereocenters. The molecule has 0 aliphatic heterocycles. The predicted octanol–water partition coefficient (Wildman–Crippen LogP) is 2.64. The van der Waals surface area contributed by atoms with Crippen molar-refractivity contribution in [1.29, 1.82) is 0 Å². The third kappa shape index (κ3) is 2.65. The first-order chi connectivity index (χ1) is 9.51. The molecule has 0 spiro atoms. The lowest BCUT2D eigenvalue weighted by Crippen LogP contribution is -2.36. The minimum atomic E-state index is -0.850. The van der Waals surface area contributed by atoms with E-state index in [1.807, 2.05) is 0 Å². The van der Waals surface area contributed by atoms with Gasteiger partial charge < -0.3 is 9.47 Å². The van der Waals surface area contributed by atoms with E-state index in [0.717, 1.165) is 25.7 Å². The van der Waals surface area contributed by atoms with Gasteiger partial charge in [0.2, 0.25) is 0 Å². The van der Waals surface area contributed by atoms with E-state index in [2.05, 4.69) is 25.2 Å². The van der Waals surface area contributed by atoms with Gasteiger partial charge in [-0.15, -0.1) is 0 Å². The molecule has 2 rings (SSSR count). The molecule has 2 aliphatic rings. The van der Waals surface area contributed by atoms with E-state index in [9.17, 15) is 9.59 Å². The monoisotopic (exact) mass is 278 g/mol. The van der Waals surface area contributed by atoms with Crippen molar-refractivity contribution in [3.63, 3.8) is 0 Å². The smallest absolute Gasteiger partial charge is 0.320 e. The van der Waals surface area contributed by atoms with Gasteiger partial charge in [0.15, 0.2) is 5.92 Å². The molecule has 20 heavy (non-hydrogen) atoms. The van der Waals surface area contributed by atoms with Crippen molar-refractivity contribution in [2.75, 3.05) is 14.2 Å².